The van der Waals surface area contributed by atoms with Gasteiger partial charge in [0, 0.05) is 0 Å². The molecule has 0 heterocycles. The highest BCUT2D eigenvalue weighted by Crippen LogP contribution is 2.21. The molecule has 100 valence electrons. The van der Waals surface area contributed by atoms with Crippen molar-refractivity contribution in [1.82, 2.24) is 0 Å². The second-order valence-electron chi connectivity index (χ2n) is 4.67. The first-order valence-corrected chi connectivity index (χ1v) is 12.9. The van der Waals surface area contributed by atoms with Crippen LogP contribution in [-0.2, 0) is 4.12 Å². The lowest BCUT2D eigenvalue weighted by molar-refractivity contribution is 0.602. The van der Waals surface area contributed by atoms with E-state index in [4.69, 9.17) is 26.3 Å². The Morgan fingerprint density at radius 1 is 0.684 bits per heavy atom. The lowest BCUT2D eigenvalue weighted by Gasteiger charge is -2.30. The van der Waals surface area contributed by atoms with Gasteiger partial charge in [-0.2, -0.15) is 0 Å². The molecule has 0 fully saturated rings. The van der Waals surface area contributed by atoms with Gasteiger partial charge >= 0.3 is 15.3 Å². The Morgan fingerprint density at radius 2 is 1.00 bits per heavy atom. The smallest absolute Gasteiger partial charge is 0.310 e. The Kier molecular flexibility index (Phi) is 4.53. The van der Waals surface area contributed by atoms with E-state index in [1.807, 2.05) is 73.8 Å². The quantitative estimate of drug-likeness (QED) is 0.617. The van der Waals surface area contributed by atoms with Crippen LogP contribution in [0.1, 0.15) is 0 Å². The van der Waals surface area contributed by atoms with Gasteiger partial charge in [0.25, 0.3) is 0 Å². The van der Waals surface area contributed by atoms with Crippen molar-refractivity contribution in [2.45, 2.75) is 13.1 Å². The third kappa shape index (κ3) is 3.71. The van der Waals surface area contributed by atoms with E-state index in [0.29, 0.717) is 0 Å². The number of hydrogen-bond donors (Lipinski definition) is 0. The molecule has 0 saturated heterocycles. The van der Waals surface area contributed by atoms with Crippen molar-refractivity contribution in [3.05, 3.63) is 60.7 Å². The minimum atomic E-state index is -2.50. The molecular formula is C14H16Cl2OSi2. The molecule has 2 aromatic rings. The normalized spacial score (nSPS) is 17.5. The molecular weight excluding hydrogens is 311 g/mol. The maximum absolute atomic E-state index is 6.66. The van der Waals surface area contributed by atoms with Crippen molar-refractivity contribution in [2.24, 2.45) is 0 Å². The van der Waals surface area contributed by atoms with Gasteiger partial charge in [-0.1, -0.05) is 60.7 Å². The largest absolute Gasteiger partial charge is 0.427 e. The molecule has 2 rings (SSSR count). The molecule has 0 N–H and O–H groups in total. The third-order valence-electron chi connectivity index (χ3n) is 2.96. The SMILES string of the molecule is C[Si](Cl)(O[Si](C)(Cl)c1ccccc1)c1ccccc1. The molecule has 0 aliphatic heterocycles. The molecule has 19 heavy (non-hydrogen) atoms. The van der Waals surface area contributed by atoms with Crippen molar-refractivity contribution >= 4 is 47.8 Å². The minimum absolute atomic E-state index is 1.05. The molecule has 1 nitrogen and oxygen atoms in total. The van der Waals surface area contributed by atoms with Gasteiger partial charge in [0.2, 0.25) is 0 Å². The minimum Gasteiger partial charge on any atom is -0.427 e. The zero-order valence-electron chi connectivity index (χ0n) is 10.9. The highest BCUT2D eigenvalue weighted by atomic mass is 35.6. The zero-order valence-corrected chi connectivity index (χ0v) is 14.4. The van der Waals surface area contributed by atoms with E-state index in [-0.39, 0.29) is 0 Å². The Bertz CT molecular complexity index is 480. The molecule has 0 aliphatic rings. The second-order valence-corrected chi connectivity index (χ2v) is 14.6. The summed E-state index contributed by atoms with van der Waals surface area (Å²) in [6.45, 7) is 3.95. The first-order chi connectivity index (χ1) is 8.92. The zero-order chi connectivity index (χ0) is 13.9. The molecule has 0 spiro atoms. The lowest BCUT2D eigenvalue weighted by Crippen LogP contribution is -2.55. The number of halogens is 2. The maximum Gasteiger partial charge on any atom is 0.310 e. The molecule has 2 unspecified atom stereocenters. The summed E-state index contributed by atoms with van der Waals surface area (Å²) in [4.78, 5) is 0. The van der Waals surface area contributed by atoms with Crippen LogP contribution < -0.4 is 10.4 Å². The van der Waals surface area contributed by atoms with E-state index in [2.05, 4.69) is 0 Å². The summed E-state index contributed by atoms with van der Waals surface area (Å²) in [5, 5.41) is 2.10. The van der Waals surface area contributed by atoms with Gasteiger partial charge < -0.3 is 4.12 Å². The Hall–Kier alpha value is -0.586. The van der Waals surface area contributed by atoms with Gasteiger partial charge in [0.1, 0.15) is 0 Å². The van der Waals surface area contributed by atoms with Crippen LogP contribution in [0, 0.1) is 0 Å². The molecule has 0 aromatic heterocycles. The van der Waals surface area contributed by atoms with Crippen molar-refractivity contribution in [1.29, 1.82) is 0 Å². The van der Waals surface area contributed by atoms with E-state index in [9.17, 15) is 0 Å². The third-order valence-corrected chi connectivity index (χ3v) is 11.5. The molecule has 2 aromatic carbocycles. The fourth-order valence-corrected chi connectivity index (χ4v) is 11.2. The second kappa shape index (κ2) is 5.81. The monoisotopic (exact) mass is 326 g/mol. The van der Waals surface area contributed by atoms with Crippen LogP contribution in [0.3, 0.4) is 0 Å². The van der Waals surface area contributed by atoms with Crippen LogP contribution in [-0.4, -0.2) is 15.3 Å². The van der Waals surface area contributed by atoms with Crippen LogP contribution >= 0.6 is 22.2 Å². The van der Waals surface area contributed by atoms with E-state index < -0.39 is 15.3 Å². The summed E-state index contributed by atoms with van der Waals surface area (Å²) in [7, 11) is -4.99. The van der Waals surface area contributed by atoms with Gasteiger partial charge in [-0.3, -0.25) is 0 Å². The van der Waals surface area contributed by atoms with E-state index in [0.717, 1.165) is 10.4 Å². The molecule has 0 bridgehead atoms. The molecule has 5 heteroatoms. The molecule has 2 atom stereocenters. The number of rotatable bonds is 4. The Balaban J connectivity index is 2.25. The van der Waals surface area contributed by atoms with Gasteiger partial charge in [0.15, 0.2) is 0 Å². The topological polar surface area (TPSA) is 9.23 Å². The predicted molar refractivity (Wildman–Crippen MR) is 88.2 cm³/mol. The first-order valence-electron chi connectivity index (χ1n) is 6.11. The Morgan fingerprint density at radius 3 is 1.32 bits per heavy atom. The van der Waals surface area contributed by atoms with Crippen LogP contribution in [0.25, 0.3) is 0 Å². The molecule has 0 amide bonds. The highest BCUT2D eigenvalue weighted by molar-refractivity contribution is 7.32. The van der Waals surface area contributed by atoms with Gasteiger partial charge in [0.05, 0.1) is 0 Å². The fourth-order valence-electron chi connectivity index (χ4n) is 1.95. The van der Waals surface area contributed by atoms with E-state index in [1.54, 1.807) is 0 Å². The summed E-state index contributed by atoms with van der Waals surface area (Å²) >= 11 is 13.3. The molecule has 0 saturated carbocycles. The maximum atomic E-state index is 6.66. The van der Waals surface area contributed by atoms with E-state index in [1.165, 1.54) is 0 Å². The Labute approximate surface area is 125 Å². The summed E-state index contributed by atoms with van der Waals surface area (Å²) in [5.74, 6) is 0. The lowest BCUT2D eigenvalue weighted by atomic mass is 10.4. The van der Waals surface area contributed by atoms with Crippen LogP contribution in [0.4, 0.5) is 0 Å². The standard InChI is InChI=1S/C14H16Cl2OSi2/c1-18(15,13-9-5-3-6-10-13)17-19(2,16)14-11-7-4-8-12-14/h3-12H,1-2H3. The van der Waals surface area contributed by atoms with Gasteiger partial charge in [-0.25, -0.2) is 0 Å². The van der Waals surface area contributed by atoms with Gasteiger partial charge in [-0.15, -0.1) is 22.2 Å². The molecule has 0 aliphatic carbocycles. The summed E-state index contributed by atoms with van der Waals surface area (Å²) in [6, 6.07) is 19.9. The van der Waals surface area contributed by atoms with Crippen LogP contribution in [0.5, 0.6) is 0 Å². The van der Waals surface area contributed by atoms with Crippen molar-refractivity contribution in [3.63, 3.8) is 0 Å². The highest BCUT2D eigenvalue weighted by Gasteiger charge is 2.40. The van der Waals surface area contributed by atoms with Crippen molar-refractivity contribution < 1.29 is 4.12 Å². The van der Waals surface area contributed by atoms with Gasteiger partial charge in [-0.05, 0) is 23.5 Å². The summed E-state index contributed by atoms with van der Waals surface area (Å²) < 4.78 is 6.21. The molecule has 0 radical (unpaired) electrons. The number of hydrogen-bond acceptors (Lipinski definition) is 1. The predicted octanol–water partition coefficient (Wildman–Crippen LogP) is 3.44. The van der Waals surface area contributed by atoms with Crippen LogP contribution in [0.15, 0.2) is 60.7 Å². The van der Waals surface area contributed by atoms with Crippen molar-refractivity contribution in [3.8, 4) is 0 Å². The fraction of sp³-hybridized carbons (Fsp3) is 0.143. The summed E-state index contributed by atoms with van der Waals surface area (Å²) in [6.07, 6.45) is 0. The van der Waals surface area contributed by atoms with Crippen LogP contribution in [0.2, 0.25) is 13.1 Å². The summed E-state index contributed by atoms with van der Waals surface area (Å²) in [5.41, 5.74) is 0. The van der Waals surface area contributed by atoms with Crippen molar-refractivity contribution in [2.75, 3.05) is 0 Å². The van der Waals surface area contributed by atoms with E-state index >= 15 is 0 Å². The number of benzene rings is 2. The first kappa shape index (κ1) is 14.8. The average molecular weight is 327 g/mol. The average Bonchev–Trinajstić information content (AvgIpc) is 2.40.